The Morgan fingerprint density at radius 2 is 1.89 bits per heavy atom. The van der Waals surface area contributed by atoms with Crippen molar-refractivity contribution in [3.8, 4) is 0 Å². The number of para-hydroxylation sites is 2. The molecule has 2 aromatic heterocycles. The molecular formula is C19H20N8O. The maximum atomic E-state index is 11.9. The van der Waals surface area contributed by atoms with E-state index < -0.39 is 0 Å². The first-order valence-corrected chi connectivity index (χ1v) is 8.87. The van der Waals surface area contributed by atoms with Crippen LogP contribution >= 0.6 is 0 Å². The second kappa shape index (κ2) is 8.67. The normalized spacial score (nSPS) is 10.2. The molecule has 0 aliphatic rings. The number of nitrogens with one attached hydrogen (secondary N) is 3. The molecule has 1 amide bonds. The zero-order valence-electron chi connectivity index (χ0n) is 15.5. The summed E-state index contributed by atoms with van der Waals surface area (Å²) < 4.78 is 1.63. The van der Waals surface area contributed by atoms with Gasteiger partial charge in [-0.25, -0.2) is 4.98 Å². The average Bonchev–Trinajstić information content (AvgIpc) is 3.25. The summed E-state index contributed by atoms with van der Waals surface area (Å²) in [6.45, 7) is 4.21. The van der Waals surface area contributed by atoms with Gasteiger partial charge < -0.3 is 16.0 Å². The maximum Gasteiger partial charge on any atom is 0.251 e. The van der Waals surface area contributed by atoms with E-state index in [0.29, 0.717) is 17.0 Å². The molecule has 142 valence electrons. The minimum absolute atomic E-state index is 0.206. The van der Waals surface area contributed by atoms with Crippen LogP contribution in [0.4, 0.5) is 11.5 Å². The van der Waals surface area contributed by atoms with Crippen LogP contribution in [0.1, 0.15) is 24.2 Å². The molecule has 4 aromatic rings. The number of tetrazole rings is 1. The molecule has 0 bridgehead atoms. The highest BCUT2D eigenvalue weighted by Crippen LogP contribution is 2.22. The van der Waals surface area contributed by atoms with Crippen molar-refractivity contribution in [3.63, 3.8) is 0 Å². The summed E-state index contributed by atoms with van der Waals surface area (Å²) in [7, 11) is 0. The fourth-order valence-corrected chi connectivity index (χ4v) is 2.58. The first-order valence-electron chi connectivity index (χ1n) is 8.87. The lowest BCUT2D eigenvalue weighted by Crippen LogP contribution is -2.24. The average molecular weight is 376 g/mol. The first-order chi connectivity index (χ1) is 13.8. The molecule has 0 aliphatic heterocycles. The van der Waals surface area contributed by atoms with E-state index in [1.807, 2.05) is 38.1 Å². The van der Waals surface area contributed by atoms with Gasteiger partial charge in [0.2, 0.25) is 5.65 Å². The maximum absolute atomic E-state index is 11.9. The molecule has 0 atom stereocenters. The van der Waals surface area contributed by atoms with Gasteiger partial charge in [-0.05, 0) is 46.8 Å². The van der Waals surface area contributed by atoms with Crippen LogP contribution in [0, 0.1) is 5.41 Å². The van der Waals surface area contributed by atoms with E-state index in [1.165, 1.54) is 0 Å². The summed E-state index contributed by atoms with van der Waals surface area (Å²) in [6, 6.07) is 14.5. The molecule has 0 unspecified atom stereocenters. The number of hydrogen-bond acceptors (Lipinski definition) is 7. The number of carbonyl (C=O) groups excluding carboxylic acids is 1. The molecule has 2 aromatic carbocycles. The summed E-state index contributed by atoms with van der Waals surface area (Å²) in [5, 5.41) is 24.5. The van der Waals surface area contributed by atoms with Crippen LogP contribution in [0.3, 0.4) is 0 Å². The number of rotatable bonds is 5. The van der Waals surface area contributed by atoms with Gasteiger partial charge in [-0.15, -0.1) is 5.10 Å². The third-order valence-electron chi connectivity index (χ3n) is 3.80. The lowest BCUT2D eigenvalue weighted by molar-refractivity contribution is 0.0959. The van der Waals surface area contributed by atoms with Gasteiger partial charge in [0.25, 0.3) is 5.91 Å². The molecule has 4 rings (SSSR count). The Kier molecular flexibility index (Phi) is 5.85. The van der Waals surface area contributed by atoms with Gasteiger partial charge in [0.1, 0.15) is 0 Å². The molecule has 0 saturated heterocycles. The highest BCUT2D eigenvalue weighted by Gasteiger charge is 2.12. The van der Waals surface area contributed by atoms with Crippen molar-refractivity contribution in [3.05, 3.63) is 54.1 Å². The van der Waals surface area contributed by atoms with Crippen LogP contribution in [-0.4, -0.2) is 43.7 Å². The fourth-order valence-electron chi connectivity index (χ4n) is 2.58. The van der Waals surface area contributed by atoms with Gasteiger partial charge >= 0.3 is 0 Å². The van der Waals surface area contributed by atoms with E-state index in [1.54, 1.807) is 28.8 Å². The van der Waals surface area contributed by atoms with Crippen molar-refractivity contribution in [2.45, 2.75) is 13.8 Å². The highest BCUT2D eigenvalue weighted by atomic mass is 16.1. The van der Waals surface area contributed by atoms with Gasteiger partial charge in [-0.2, -0.15) is 4.52 Å². The monoisotopic (exact) mass is 376 g/mol. The summed E-state index contributed by atoms with van der Waals surface area (Å²) >= 11 is 0. The molecule has 0 spiro atoms. The van der Waals surface area contributed by atoms with Crippen molar-refractivity contribution >= 4 is 40.3 Å². The smallest absolute Gasteiger partial charge is 0.251 e. The molecule has 28 heavy (non-hydrogen) atoms. The summed E-state index contributed by atoms with van der Waals surface area (Å²) in [5.41, 5.74) is 3.35. The van der Waals surface area contributed by atoms with Gasteiger partial charge in [-0.3, -0.25) is 4.79 Å². The van der Waals surface area contributed by atoms with E-state index >= 15 is 0 Å². The highest BCUT2D eigenvalue weighted by molar-refractivity contribution is 5.95. The lowest BCUT2D eigenvalue weighted by atomic mass is 10.2. The zero-order chi connectivity index (χ0) is 19.9. The summed E-state index contributed by atoms with van der Waals surface area (Å²) in [6.07, 6.45) is 1.14. The second-order valence-corrected chi connectivity index (χ2v) is 5.48. The Morgan fingerprint density at radius 3 is 2.64 bits per heavy atom. The summed E-state index contributed by atoms with van der Waals surface area (Å²) in [4.78, 5) is 16.5. The molecule has 0 radical (unpaired) electrons. The SMILES string of the molecule is CC.N=CCNC(=O)c1ccc(Nc2nc3ccccc3n3nnnc23)cc1. The van der Waals surface area contributed by atoms with Gasteiger partial charge in [-0.1, -0.05) is 26.0 Å². The third-order valence-corrected chi connectivity index (χ3v) is 3.80. The molecular weight excluding hydrogens is 356 g/mol. The number of aromatic nitrogens is 5. The largest absolute Gasteiger partial charge is 0.347 e. The molecule has 9 nitrogen and oxygen atoms in total. The van der Waals surface area contributed by atoms with E-state index in [2.05, 4.69) is 31.1 Å². The molecule has 3 N–H and O–H groups in total. The molecule has 9 heteroatoms. The van der Waals surface area contributed by atoms with Crippen LogP contribution in [0.5, 0.6) is 0 Å². The lowest BCUT2D eigenvalue weighted by Gasteiger charge is -2.09. The summed E-state index contributed by atoms with van der Waals surface area (Å²) in [5.74, 6) is 0.294. The van der Waals surface area contributed by atoms with E-state index in [4.69, 9.17) is 5.41 Å². The van der Waals surface area contributed by atoms with Crippen LogP contribution < -0.4 is 10.6 Å². The minimum Gasteiger partial charge on any atom is -0.347 e. The molecule has 0 saturated carbocycles. The fraction of sp³-hybridized carbons (Fsp3) is 0.158. The Labute approximate surface area is 161 Å². The van der Waals surface area contributed by atoms with Crippen molar-refractivity contribution in [1.29, 1.82) is 5.41 Å². The topological polar surface area (TPSA) is 121 Å². The van der Waals surface area contributed by atoms with E-state index in [-0.39, 0.29) is 12.5 Å². The Bertz CT molecular complexity index is 1100. The number of fused-ring (bicyclic) bond motifs is 3. The van der Waals surface area contributed by atoms with E-state index in [9.17, 15) is 4.79 Å². The Hall–Kier alpha value is -3.88. The van der Waals surface area contributed by atoms with Crippen molar-refractivity contribution < 1.29 is 4.79 Å². The number of anilines is 2. The second-order valence-electron chi connectivity index (χ2n) is 5.48. The molecule has 0 aliphatic carbocycles. The van der Waals surface area contributed by atoms with Crippen molar-refractivity contribution in [1.82, 2.24) is 30.3 Å². The van der Waals surface area contributed by atoms with Gasteiger partial charge in [0, 0.05) is 17.5 Å². The number of hydrogen-bond donors (Lipinski definition) is 3. The predicted octanol–water partition coefficient (Wildman–Crippen LogP) is 2.82. The third kappa shape index (κ3) is 3.78. The quantitative estimate of drug-likeness (QED) is 0.461. The number of carbonyl (C=O) groups is 1. The number of benzene rings is 2. The van der Waals surface area contributed by atoms with Crippen LogP contribution in [-0.2, 0) is 0 Å². The van der Waals surface area contributed by atoms with Crippen LogP contribution in [0.2, 0.25) is 0 Å². The van der Waals surface area contributed by atoms with Crippen molar-refractivity contribution in [2.75, 3.05) is 11.9 Å². The molecule has 0 fully saturated rings. The predicted molar refractivity (Wildman–Crippen MR) is 108 cm³/mol. The molecule has 2 heterocycles. The number of nitrogens with zero attached hydrogens (tertiary/aromatic N) is 5. The first kappa shape index (κ1) is 18.9. The number of amides is 1. The van der Waals surface area contributed by atoms with E-state index in [0.717, 1.165) is 22.9 Å². The zero-order valence-corrected chi connectivity index (χ0v) is 15.5. The standard InChI is InChI=1S/C17H14N8O.C2H6/c18-9-10-19-17(26)11-5-7-12(8-6-11)20-15-16-22-23-24-25(16)14-4-2-1-3-13(14)21-15;1-2/h1-9,18H,10H2,(H,19,26)(H,20,21);1-2H3. The van der Waals surface area contributed by atoms with Crippen molar-refractivity contribution in [2.24, 2.45) is 0 Å². The Balaban J connectivity index is 0.00000109. The van der Waals surface area contributed by atoms with Crippen LogP contribution in [0.15, 0.2) is 48.5 Å². The van der Waals surface area contributed by atoms with Crippen LogP contribution in [0.25, 0.3) is 16.7 Å². The van der Waals surface area contributed by atoms with Gasteiger partial charge in [0.05, 0.1) is 17.6 Å². The Morgan fingerprint density at radius 1 is 1.14 bits per heavy atom. The van der Waals surface area contributed by atoms with Gasteiger partial charge in [0.15, 0.2) is 5.82 Å². The minimum atomic E-state index is -0.229.